The second-order valence-electron chi connectivity index (χ2n) is 4.77. The second kappa shape index (κ2) is 6.36. The highest BCUT2D eigenvalue weighted by Crippen LogP contribution is 2.16. The number of rotatable bonds is 4. The van der Waals surface area contributed by atoms with Crippen molar-refractivity contribution in [2.75, 3.05) is 32.9 Å². The molecule has 1 N–H and O–H groups in total. The summed E-state index contributed by atoms with van der Waals surface area (Å²) in [6.07, 6.45) is 2.63. The lowest BCUT2D eigenvalue weighted by Gasteiger charge is -2.30. The lowest BCUT2D eigenvalue weighted by molar-refractivity contribution is 0.0952. The Morgan fingerprint density at radius 2 is 2.17 bits per heavy atom. The van der Waals surface area contributed by atoms with Crippen molar-refractivity contribution in [3.8, 4) is 0 Å². The van der Waals surface area contributed by atoms with Crippen LogP contribution in [0.4, 0.5) is 0 Å². The first-order chi connectivity index (χ1) is 8.69. The summed E-state index contributed by atoms with van der Waals surface area (Å²) in [6.45, 7) is 2.99. The number of benzene rings is 1. The van der Waals surface area contributed by atoms with E-state index in [9.17, 15) is 4.79 Å². The topological polar surface area (TPSA) is 32.3 Å². The Hall–Kier alpha value is -0.840. The van der Waals surface area contributed by atoms with E-state index in [-0.39, 0.29) is 11.8 Å². The molecule has 2 rings (SSSR count). The Morgan fingerprint density at radius 1 is 1.44 bits per heavy atom. The summed E-state index contributed by atoms with van der Waals surface area (Å²) in [7, 11) is 2.10. The summed E-state index contributed by atoms with van der Waals surface area (Å²) >= 11 is 1.69. The number of thioether (sulfide) groups is 1. The van der Waals surface area contributed by atoms with E-state index in [4.69, 9.17) is 0 Å². The molecule has 1 unspecified atom stereocenters. The van der Waals surface area contributed by atoms with E-state index in [1.54, 1.807) is 11.8 Å². The van der Waals surface area contributed by atoms with Gasteiger partial charge < -0.3 is 10.2 Å². The maximum Gasteiger partial charge on any atom is 0.164 e. The summed E-state index contributed by atoms with van der Waals surface area (Å²) in [4.78, 5) is 15.6. The SMILES string of the molecule is CSc1ccc(C(=O)CC2CN(C)CCN2)cc1. The normalized spacial score (nSPS) is 20.9. The maximum atomic E-state index is 12.2. The number of carbonyl (C=O) groups excluding carboxylic acids is 1. The molecule has 4 heteroatoms. The summed E-state index contributed by atoms with van der Waals surface area (Å²) in [5.41, 5.74) is 0.822. The van der Waals surface area contributed by atoms with Crippen LogP contribution in [0.2, 0.25) is 0 Å². The Balaban J connectivity index is 1.94. The monoisotopic (exact) mass is 264 g/mol. The minimum atomic E-state index is 0.232. The van der Waals surface area contributed by atoms with Gasteiger partial charge in [0.25, 0.3) is 0 Å². The zero-order valence-corrected chi connectivity index (χ0v) is 11.8. The van der Waals surface area contributed by atoms with Crippen LogP contribution in [0.1, 0.15) is 16.8 Å². The Kier molecular flexibility index (Phi) is 4.80. The van der Waals surface area contributed by atoms with E-state index in [2.05, 4.69) is 17.3 Å². The zero-order chi connectivity index (χ0) is 13.0. The summed E-state index contributed by atoms with van der Waals surface area (Å²) in [5.74, 6) is 0.232. The first kappa shape index (κ1) is 13.6. The van der Waals surface area contributed by atoms with Gasteiger partial charge in [0.05, 0.1) is 0 Å². The molecule has 18 heavy (non-hydrogen) atoms. The number of ketones is 1. The highest BCUT2D eigenvalue weighted by atomic mass is 32.2. The van der Waals surface area contributed by atoms with Gasteiger partial charge in [0, 0.05) is 42.6 Å². The number of piperazine rings is 1. The van der Waals surface area contributed by atoms with Crippen LogP contribution in [0.3, 0.4) is 0 Å². The van der Waals surface area contributed by atoms with E-state index in [1.807, 2.05) is 30.5 Å². The van der Waals surface area contributed by atoms with Gasteiger partial charge in [-0.25, -0.2) is 0 Å². The van der Waals surface area contributed by atoms with Gasteiger partial charge in [0.1, 0.15) is 0 Å². The molecule has 1 aliphatic heterocycles. The van der Waals surface area contributed by atoms with Crippen LogP contribution in [0.5, 0.6) is 0 Å². The molecule has 1 atom stereocenters. The quantitative estimate of drug-likeness (QED) is 0.665. The molecule has 0 saturated carbocycles. The lowest BCUT2D eigenvalue weighted by atomic mass is 10.0. The molecule has 0 bridgehead atoms. The van der Waals surface area contributed by atoms with Gasteiger partial charge in [-0.15, -0.1) is 11.8 Å². The minimum absolute atomic E-state index is 0.232. The third kappa shape index (κ3) is 3.57. The third-order valence-electron chi connectivity index (χ3n) is 3.30. The summed E-state index contributed by atoms with van der Waals surface area (Å²) in [6, 6.07) is 8.18. The van der Waals surface area contributed by atoms with Gasteiger partial charge in [-0.1, -0.05) is 12.1 Å². The van der Waals surface area contributed by atoms with Crippen LogP contribution in [0.25, 0.3) is 0 Å². The molecule has 1 aromatic rings. The van der Waals surface area contributed by atoms with Crippen molar-refractivity contribution in [3.63, 3.8) is 0 Å². The molecule has 1 aliphatic rings. The fourth-order valence-corrected chi connectivity index (χ4v) is 2.66. The van der Waals surface area contributed by atoms with Crippen LogP contribution in [0.15, 0.2) is 29.2 Å². The van der Waals surface area contributed by atoms with Gasteiger partial charge in [-0.3, -0.25) is 4.79 Å². The van der Waals surface area contributed by atoms with Gasteiger partial charge in [0.15, 0.2) is 5.78 Å². The molecular formula is C14H20N2OS. The van der Waals surface area contributed by atoms with Crippen LogP contribution in [0, 0.1) is 0 Å². The largest absolute Gasteiger partial charge is 0.311 e. The number of nitrogens with one attached hydrogen (secondary N) is 1. The predicted octanol–water partition coefficient (Wildman–Crippen LogP) is 1.88. The number of nitrogens with zero attached hydrogens (tertiary/aromatic N) is 1. The van der Waals surface area contributed by atoms with Crippen LogP contribution < -0.4 is 5.32 Å². The molecular weight excluding hydrogens is 244 g/mol. The Morgan fingerprint density at radius 3 is 2.78 bits per heavy atom. The predicted molar refractivity (Wildman–Crippen MR) is 76.5 cm³/mol. The minimum Gasteiger partial charge on any atom is -0.311 e. The van der Waals surface area contributed by atoms with Crippen molar-refractivity contribution in [3.05, 3.63) is 29.8 Å². The molecule has 1 fully saturated rings. The average Bonchev–Trinajstić information content (AvgIpc) is 2.39. The first-order valence-electron chi connectivity index (χ1n) is 6.28. The molecule has 98 valence electrons. The van der Waals surface area contributed by atoms with Crippen molar-refractivity contribution in [1.29, 1.82) is 0 Å². The molecule has 1 aromatic carbocycles. The highest BCUT2D eigenvalue weighted by Gasteiger charge is 2.19. The standard InChI is InChI=1S/C14H20N2OS/c1-16-8-7-15-12(10-16)9-14(17)11-3-5-13(18-2)6-4-11/h3-6,12,15H,7-10H2,1-2H3. The average molecular weight is 264 g/mol. The zero-order valence-electron chi connectivity index (χ0n) is 11.0. The van der Waals surface area contributed by atoms with Crippen molar-refractivity contribution in [2.24, 2.45) is 0 Å². The van der Waals surface area contributed by atoms with Crippen molar-refractivity contribution < 1.29 is 4.79 Å². The molecule has 0 aliphatic carbocycles. The fraction of sp³-hybridized carbons (Fsp3) is 0.500. The van der Waals surface area contributed by atoms with Gasteiger partial charge in [0.2, 0.25) is 0 Å². The van der Waals surface area contributed by atoms with E-state index >= 15 is 0 Å². The van der Waals surface area contributed by atoms with Crippen LogP contribution in [-0.4, -0.2) is 49.7 Å². The maximum absolute atomic E-state index is 12.2. The molecule has 1 saturated heterocycles. The lowest BCUT2D eigenvalue weighted by Crippen LogP contribution is -2.49. The summed E-state index contributed by atoms with van der Waals surface area (Å²) in [5, 5.41) is 3.41. The van der Waals surface area contributed by atoms with Crippen LogP contribution >= 0.6 is 11.8 Å². The number of Topliss-reactive ketones (excluding diaryl/α,β-unsaturated/α-hetero) is 1. The molecule has 0 radical (unpaired) electrons. The van der Waals surface area contributed by atoms with Crippen LogP contribution in [-0.2, 0) is 0 Å². The molecule has 3 nitrogen and oxygen atoms in total. The van der Waals surface area contributed by atoms with Crippen molar-refractivity contribution in [2.45, 2.75) is 17.4 Å². The smallest absolute Gasteiger partial charge is 0.164 e. The highest BCUT2D eigenvalue weighted by molar-refractivity contribution is 7.98. The van der Waals surface area contributed by atoms with Gasteiger partial charge in [-0.05, 0) is 25.4 Å². The number of hydrogen-bond acceptors (Lipinski definition) is 4. The third-order valence-corrected chi connectivity index (χ3v) is 4.05. The molecule has 0 amide bonds. The van der Waals surface area contributed by atoms with E-state index in [1.165, 1.54) is 4.90 Å². The van der Waals surface area contributed by atoms with Crippen molar-refractivity contribution >= 4 is 17.5 Å². The first-order valence-corrected chi connectivity index (χ1v) is 7.50. The van der Waals surface area contributed by atoms with Gasteiger partial charge >= 0.3 is 0 Å². The van der Waals surface area contributed by atoms with E-state index in [0.717, 1.165) is 25.2 Å². The van der Waals surface area contributed by atoms with Crippen molar-refractivity contribution in [1.82, 2.24) is 10.2 Å². The second-order valence-corrected chi connectivity index (χ2v) is 5.65. The number of likely N-dealkylation sites (N-methyl/N-ethyl adjacent to an activating group) is 1. The Labute approximate surface area is 113 Å². The fourth-order valence-electron chi connectivity index (χ4n) is 2.25. The number of carbonyl (C=O) groups is 1. The number of hydrogen-bond donors (Lipinski definition) is 1. The van der Waals surface area contributed by atoms with E-state index in [0.29, 0.717) is 6.42 Å². The summed E-state index contributed by atoms with van der Waals surface area (Å²) < 4.78 is 0. The molecule has 0 aromatic heterocycles. The Bertz CT molecular complexity index is 405. The molecule has 1 heterocycles. The van der Waals surface area contributed by atoms with Gasteiger partial charge in [-0.2, -0.15) is 0 Å². The molecule has 0 spiro atoms. The van der Waals surface area contributed by atoms with E-state index < -0.39 is 0 Å².